The predicted octanol–water partition coefficient (Wildman–Crippen LogP) is 2.80. The highest BCUT2D eigenvalue weighted by Crippen LogP contribution is 2.32. The summed E-state index contributed by atoms with van der Waals surface area (Å²) in [5, 5.41) is 11.9. The number of anilines is 1. The molecule has 0 bridgehead atoms. The lowest BCUT2D eigenvalue weighted by atomic mass is 10.2. The maximum absolute atomic E-state index is 12.4. The van der Waals surface area contributed by atoms with Crippen LogP contribution in [0.3, 0.4) is 0 Å². The zero-order valence-corrected chi connectivity index (χ0v) is 12.9. The van der Waals surface area contributed by atoms with Crippen molar-refractivity contribution in [1.29, 1.82) is 0 Å². The molecule has 0 aromatic heterocycles. The topological polar surface area (TPSA) is 52.6 Å². The zero-order chi connectivity index (χ0) is 16.0. The Hall–Kier alpha value is -0.950. The third-order valence-electron chi connectivity index (χ3n) is 2.73. The van der Waals surface area contributed by atoms with Gasteiger partial charge >= 0.3 is 0 Å². The van der Waals surface area contributed by atoms with Crippen LogP contribution >= 0.6 is 23.2 Å². The van der Waals surface area contributed by atoms with E-state index in [4.69, 9.17) is 28.3 Å². The highest BCUT2D eigenvalue weighted by atomic mass is 35.5. The fraction of sp³-hybridized carbons (Fsp3) is 0.462. The van der Waals surface area contributed by atoms with E-state index in [0.29, 0.717) is 5.02 Å². The SMILES string of the molecule is Cc1ccc(Cl)c(NC(=O)CN(CCO)CC(F)F)c1Cl. The molecule has 0 aliphatic heterocycles. The third-order valence-corrected chi connectivity index (χ3v) is 3.53. The van der Waals surface area contributed by atoms with Gasteiger partial charge < -0.3 is 10.4 Å². The van der Waals surface area contributed by atoms with E-state index in [1.807, 2.05) is 0 Å². The van der Waals surface area contributed by atoms with E-state index in [1.54, 1.807) is 19.1 Å². The molecule has 0 atom stereocenters. The molecule has 8 heteroatoms. The minimum atomic E-state index is -2.59. The lowest BCUT2D eigenvalue weighted by Crippen LogP contribution is -2.38. The first-order valence-electron chi connectivity index (χ1n) is 6.21. The first-order chi connectivity index (χ1) is 9.85. The molecule has 0 aliphatic rings. The number of halogens is 4. The summed E-state index contributed by atoms with van der Waals surface area (Å²) in [6.07, 6.45) is -2.59. The van der Waals surface area contributed by atoms with E-state index in [1.165, 1.54) is 0 Å². The van der Waals surface area contributed by atoms with Gasteiger partial charge in [0.15, 0.2) is 0 Å². The summed E-state index contributed by atoms with van der Waals surface area (Å²) in [6, 6.07) is 3.29. The molecule has 118 valence electrons. The lowest BCUT2D eigenvalue weighted by Gasteiger charge is -2.20. The number of aliphatic hydroxyl groups excluding tert-OH is 1. The molecule has 21 heavy (non-hydrogen) atoms. The van der Waals surface area contributed by atoms with Crippen LogP contribution in [0, 0.1) is 6.92 Å². The average molecular weight is 341 g/mol. The van der Waals surface area contributed by atoms with Gasteiger partial charge in [0.1, 0.15) is 0 Å². The number of hydrogen-bond acceptors (Lipinski definition) is 3. The fourth-order valence-corrected chi connectivity index (χ4v) is 2.19. The van der Waals surface area contributed by atoms with E-state index in [9.17, 15) is 13.6 Å². The molecule has 0 fully saturated rings. The highest BCUT2D eigenvalue weighted by molar-refractivity contribution is 6.40. The Bertz CT molecular complexity index is 501. The number of nitrogens with zero attached hydrogens (tertiary/aromatic N) is 1. The summed E-state index contributed by atoms with van der Waals surface area (Å²) in [6.45, 7) is 0.539. The fourth-order valence-electron chi connectivity index (χ4n) is 1.72. The second-order valence-electron chi connectivity index (χ2n) is 4.45. The van der Waals surface area contributed by atoms with Crippen LogP contribution in [0.15, 0.2) is 12.1 Å². The molecule has 1 aromatic rings. The number of rotatable bonds is 7. The number of nitrogens with one attached hydrogen (secondary N) is 1. The average Bonchev–Trinajstić information content (AvgIpc) is 2.39. The van der Waals surface area contributed by atoms with Gasteiger partial charge in [-0.3, -0.25) is 9.69 Å². The normalized spacial score (nSPS) is 11.2. The Balaban J connectivity index is 2.74. The molecular weight excluding hydrogens is 325 g/mol. The lowest BCUT2D eigenvalue weighted by molar-refractivity contribution is -0.117. The minimum Gasteiger partial charge on any atom is -0.395 e. The van der Waals surface area contributed by atoms with Gasteiger partial charge in [-0.1, -0.05) is 29.3 Å². The number of alkyl halides is 2. The zero-order valence-electron chi connectivity index (χ0n) is 11.4. The van der Waals surface area contributed by atoms with Gasteiger partial charge in [0.05, 0.1) is 35.4 Å². The molecule has 1 amide bonds. The Labute approximate surface area is 131 Å². The molecule has 0 aliphatic carbocycles. The van der Waals surface area contributed by atoms with E-state index in [0.717, 1.165) is 10.5 Å². The molecule has 1 rings (SSSR count). The van der Waals surface area contributed by atoms with Crippen molar-refractivity contribution < 1.29 is 18.7 Å². The number of aliphatic hydroxyl groups is 1. The van der Waals surface area contributed by atoms with Gasteiger partial charge in [-0.25, -0.2) is 8.78 Å². The predicted molar refractivity (Wildman–Crippen MR) is 79.4 cm³/mol. The quantitative estimate of drug-likeness (QED) is 0.802. The van der Waals surface area contributed by atoms with Crippen molar-refractivity contribution in [2.24, 2.45) is 0 Å². The Morgan fingerprint density at radius 2 is 2.10 bits per heavy atom. The van der Waals surface area contributed by atoms with E-state index < -0.39 is 18.9 Å². The summed E-state index contributed by atoms with van der Waals surface area (Å²) in [5.74, 6) is -0.529. The van der Waals surface area contributed by atoms with E-state index in [-0.39, 0.29) is 30.4 Å². The van der Waals surface area contributed by atoms with Crippen LogP contribution in [-0.4, -0.2) is 48.6 Å². The molecule has 4 nitrogen and oxygen atoms in total. The Kier molecular flexibility index (Phi) is 7.31. The molecule has 0 radical (unpaired) electrons. The number of hydrogen-bond donors (Lipinski definition) is 2. The molecule has 0 spiro atoms. The highest BCUT2D eigenvalue weighted by Gasteiger charge is 2.17. The van der Waals surface area contributed by atoms with Crippen LogP contribution in [0.2, 0.25) is 10.0 Å². The molecule has 1 aromatic carbocycles. The number of benzene rings is 1. The van der Waals surface area contributed by atoms with Crippen LogP contribution in [0.4, 0.5) is 14.5 Å². The molecule has 0 saturated carbocycles. The molecule has 2 N–H and O–H groups in total. The van der Waals surface area contributed by atoms with Crippen molar-refractivity contribution in [2.45, 2.75) is 13.3 Å². The summed E-state index contributed by atoms with van der Waals surface area (Å²) < 4.78 is 24.7. The summed E-state index contributed by atoms with van der Waals surface area (Å²) in [5.41, 5.74) is 0.987. The number of carbonyl (C=O) groups excluding carboxylic acids is 1. The molecular formula is C13H16Cl2F2N2O2. The van der Waals surface area contributed by atoms with Gasteiger partial charge in [0, 0.05) is 6.54 Å². The van der Waals surface area contributed by atoms with Crippen LogP contribution in [0.5, 0.6) is 0 Å². The second kappa shape index (κ2) is 8.48. The number of amides is 1. The number of carbonyl (C=O) groups is 1. The van der Waals surface area contributed by atoms with E-state index in [2.05, 4.69) is 5.32 Å². The Morgan fingerprint density at radius 1 is 1.43 bits per heavy atom. The summed E-state index contributed by atoms with van der Waals surface area (Å²) >= 11 is 12.0. The van der Waals surface area contributed by atoms with Crippen molar-refractivity contribution >= 4 is 34.8 Å². The molecule has 0 heterocycles. The maximum Gasteiger partial charge on any atom is 0.251 e. The molecule has 0 unspecified atom stereocenters. The van der Waals surface area contributed by atoms with Gasteiger partial charge in [0.2, 0.25) is 5.91 Å². The monoisotopic (exact) mass is 340 g/mol. The van der Waals surface area contributed by atoms with Crippen molar-refractivity contribution in [3.63, 3.8) is 0 Å². The third kappa shape index (κ3) is 5.74. The smallest absolute Gasteiger partial charge is 0.251 e. The van der Waals surface area contributed by atoms with Crippen LogP contribution in [0.1, 0.15) is 5.56 Å². The maximum atomic E-state index is 12.4. The van der Waals surface area contributed by atoms with Crippen LogP contribution in [-0.2, 0) is 4.79 Å². The first kappa shape index (κ1) is 18.1. The minimum absolute atomic E-state index is 0.0208. The second-order valence-corrected chi connectivity index (χ2v) is 5.24. The summed E-state index contributed by atoms with van der Waals surface area (Å²) in [4.78, 5) is 13.0. The van der Waals surface area contributed by atoms with Gasteiger partial charge in [0.25, 0.3) is 6.43 Å². The van der Waals surface area contributed by atoms with Gasteiger partial charge in [-0.05, 0) is 18.6 Å². The standard InChI is InChI=1S/C13H16Cl2F2N2O2/c1-8-2-3-9(14)13(12(8)15)18-11(21)7-19(4-5-20)6-10(16)17/h2-3,10,20H,4-7H2,1H3,(H,18,21). The largest absolute Gasteiger partial charge is 0.395 e. The number of aryl methyl sites for hydroxylation is 1. The Morgan fingerprint density at radius 3 is 2.67 bits per heavy atom. The van der Waals surface area contributed by atoms with Crippen LogP contribution in [0.25, 0.3) is 0 Å². The summed E-state index contributed by atoms with van der Waals surface area (Å²) in [7, 11) is 0. The van der Waals surface area contributed by atoms with E-state index >= 15 is 0 Å². The molecule has 0 saturated heterocycles. The van der Waals surface area contributed by atoms with Crippen molar-refractivity contribution in [3.8, 4) is 0 Å². The van der Waals surface area contributed by atoms with Crippen molar-refractivity contribution in [3.05, 3.63) is 27.7 Å². The van der Waals surface area contributed by atoms with Crippen molar-refractivity contribution in [2.75, 3.05) is 31.6 Å². The van der Waals surface area contributed by atoms with Crippen LogP contribution < -0.4 is 5.32 Å². The van der Waals surface area contributed by atoms with Gasteiger partial charge in [-0.15, -0.1) is 0 Å². The van der Waals surface area contributed by atoms with Crippen molar-refractivity contribution in [1.82, 2.24) is 4.90 Å². The van der Waals surface area contributed by atoms with Gasteiger partial charge in [-0.2, -0.15) is 0 Å². The first-order valence-corrected chi connectivity index (χ1v) is 6.96.